The third-order valence-corrected chi connectivity index (χ3v) is 2.87. The van der Waals surface area contributed by atoms with E-state index in [1.165, 1.54) is 12.1 Å². The Morgan fingerprint density at radius 1 is 0.952 bits per heavy atom. The Hall–Kier alpha value is -2.30. The minimum absolute atomic E-state index is 0.111. The topological polar surface area (TPSA) is 26.3 Å². The minimum atomic E-state index is -4.34. The third kappa shape index (κ3) is 4.63. The van der Waals surface area contributed by atoms with E-state index in [9.17, 15) is 18.0 Å². The highest BCUT2D eigenvalue weighted by atomic mass is 19.4. The summed E-state index contributed by atoms with van der Waals surface area (Å²) in [5, 5.41) is 0. The summed E-state index contributed by atoms with van der Waals surface area (Å²) >= 11 is 0. The molecule has 0 saturated carbocycles. The molecule has 2 aromatic carbocycles. The Morgan fingerprint density at radius 3 is 2.14 bits per heavy atom. The van der Waals surface area contributed by atoms with Crippen molar-refractivity contribution in [2.45, 2.75) is 19.0 Å². The lowest BCUT2D eigenvalue weighted by molar-refractivity contribution is -0.137. The van der Waals surface area contributed by atoms with Crippen LogP contribution in [0, 0.1) is 0 Å². The molecule has 2 aromatic rings. The van der Waals surface area contributed by atoms with Crippen molar-refractivity contribution in [3.8, 4) is 5.75 Å². The van der Waals surface area contributed by atoms with Gasteiger partial charge in [-0.3, -0.25) is 4.79 Å². The molecule has 21 heavy (non-hydrogen) atoms. The number of rotatable bonds is 4. The average Bonchev–Trinajstić information content (AvgIpc) is 2.46. The number of alkyl halides is 3. The number of benzene rings is 2. The van der Waals surface area contributed by atoms with Gasteiger partial charge in [-0.15, -0.1) is 0 Å². The van der Waals surface area contributed by atoms with Crippen LogP contribution in [0.25, 0.3) is 0 Å². The Labute approximate surface area is 120 Å². The van der Waals surface area contributed by atoms with Crippen LogP contribution in [0.15, 0.2) is 54.6 Å². The van der Waals surface area contributed by atoms with Gasteiger partial charge >= 0.3 is 12.1 Å². The summed E-state index contributed by atoms with van der Waals surface area (Å²) in [5.74, 6) is 0.0380. The van der Waals surface area contributed by atoms with E-state index in [2.05, 4.69) is 0 Å². The van der Waals surface area contributed by atoms with Gasteiger partial charge in [0.1, 0.15) is 5.75 Å². The lowest BCUT2D eigenvalue weighted by Crippen LogP contribution is -2.09. The molecule has 0 aliphatic rings. The molecule has 0 saturated heterocycles. The summed E-state index contributed by atoms with van der Waals surface area (Å²) in [4.78, 5) is 11.6. The molecule has 0 radical (unpaired) electrons. The fraction of sp³-hybridized carbons (Fsp3) is 0.188. The van der Waals surface area contributed by atoms with Crippen molar-refractivity contribution in [1.29, 1.82) is 0 Å². The number of hydrogen-bond donors (Lipinski definition) is 0. The molecule has 0 amide bonds. The van der Waals surface area contributed by atoms with Crippen molar-refractivity contribution in [2.75, 3.05) is 0 Å². The Kier molecular flexibility index (Phi) is 4.62. The van der Waals surface area contributed by atoms with E-state index in [0.29, 0.717) is 17.7 Å². The summed E-state index contributed by atoms with van der Waals surface area (Å²) in [6.45, 7) is 0. The highest BCUT2D eigenvalue weighted by molar-refractivity contribution is 5.72. The van der Waals surface area contributed by atoms with Gasteiger partial charge in [0.15, 0.2) is 0 Å². The maximum absolute atomic E-state index is 12.4. The van der Waals surface area contributed by atoms with Gasteiger partial charge in [-0.25, -0.2) is 0 Å². The van der Waals surface area contributed by atoms with Gasteiger partial charge < -0.3 is 4.74 Å². The molecule has 0 N–H and O–H groups in total. The first-order valence-electron chi connectivity index (χ1n) is 6.37. The van der Waals surface area contributed by atoms with Crippen LogP contribution in [0.4, 0.5) is 13.2 Å². The van der Waals surface area contributed by atoms with Crippen LogP contribution in [0.1, 0.15) is 17.5 Å². The lowest BCUT2D eigenvalue weighted by atomic mass is 10.1. The number of carbonyl (C=O) groups is 1. The quantitative estimate of drug-likeness (QED) is 0.622. The standard InChI is InChI=1S/C16H13F3O2/c17-16(18,19)13-9-6-12(7-10-13)8-11-15(20)21-14-4-2-1-3-5-14/h1-7,9-10H,8,11H2. The number of para-hydroxylation sites is 1. The number of ether oxygens (including phenoxy) is 1. The van der Waals surface area contributed by atoms with Crippen molar-refractivity contribution in [1.82, 2.24) is 0 Å². The SMILES string of the molecule is O=C(CCc1ccc(C(F)(F)F)cc1)Oc1ccccc1. The normalized spacial score (nSPS) is 11.2. The summed E-state index contributed by atoms with van der Waals surface area (Å²) < 4.78 is 42.3. The first-order valence-corrected chi connectivity index (χ1v) is 6.37. The van der Waals surface area contributed by atoms with Gasteiger partial charge in [0.05, 0.1) is 5.56 Å². The van der Waals surface area contributed by atoms with E-state index in [0.717, 1.165) is 12.1 Å². The molecule has 0 aliphatic heterocycles. The second-order valence-electron chi connectivity index (χ2n) is 4.48. The number of halogens is 3. The van der Waals surface area contributed by atoms with Crippen LogP contribution < -0.4 is 4.74 Å². The van der Waals surface area contributed by atoms with Gasteiger partial charge in [0.2, 0.25) is 0 Å². The van der Waals surface area contributed by atoms with Crippen molar-refractivity contribution >= 4 is 5.97 Å². The lowest BCUT2D eigenvalue weighted by Gasteiger charge is -2.07. The highest BCUT2D eigenvalue weighted by Gasteiger charge is 2.29. The molecule has 0 aromatic heterocycles. The van der Waals surface area contributed by atoms with Crippen molar-refractivity contribution in [3.05, 3.63) is 65.7 Å². The van der Waals surface area contributed by atoms with Crippen molar-refractivity contribution in [2.24, 2.45) is 0 Å². The van der Waals surface area contributed by atoms with E-state index >= 15 is 0 Å². The van der Waals surface area contributed by atoms with E-state index in [4.69, 9.17) is 4.74 Å². The monoisotopic (exact) mass is 294 g/mol. The molecule has 0 aliphatic carbocycles. The Bertz CT molecular complexity index is 589. The first kappa shape index (κ1) is 15.1. The van der Waals surface area contributed by atoms with E-state index in [1.807, 2.05) is 0 Å². The molecule has 2 nitrogen and oxygen atoms in total. The number of hydrogen-bond acceptors (Lipinski definition) is 2. The summed E-state index contributed by atoms with van der Waals surface area (Å²) in [7, 11) is 0. The van der Waals surface area contributed by atoms with Gasteiger partial charge in [-0.2, -0.15) is 13.2 Å². The molecule has 0 heterocycles. The minimum Gasteiger partial charge on any atom is -0.427 e. The van der Waals surface area contributed by atoms with Gasteiger partial charge in [-0.05, 0) is 36.2 Å². The molecule has 0 fully saturated rings. The molecule has 2 rings (SSSR count). The number of esters is 1. The zero-order valence-electron chi connectivity index (χ0n) is 11.1. The molecule has 0 spiro atoms. The second-order valence-corrected chi connectivity index (χ2v) is 4.48. The first-order chi connectivity index (χ1) is 9.95. The molecular weight excluding hydrogens is 281 g/mol. The van der Waals surface area contributed by atoms with Crippen molar-refractivity contribution < 1.29 is 22.7 Å². The average molecular weight is 294 g/mol. The smallest absolute Gasteiger partial charge is 0.416 e. The zero-order valence-corrected chi connectivity index (χ0v) is 11.1. The number of carbonyl (C=O) groups excluding carboxylic acids is 1. The van der Waals surface area contributed by atoms with Gasteiger partial charge in [0.25, 0.3) is 0 Å². The Balaban J connectivity index is 1.87. The van der Waals surface area contributed by atoms with E-state index in [-0.39, 0.29) is 6.42 Å². The third-order valence-electron chi connectivity index (χ3n) is 2.87. The van der Waals surface area contributed by atoms with Crippen LogP contribution in [0.3, 0.4) is 0 Å². The molecule has 110 valence electrons. The fourth-order valence-electron chi connectivity index (χ4n) is 1.78. The molecule has 0 unspecified atom stereocenters. The maximum Gasteiger partial charge on any atom is 0.416 e. The van der Waals surface area contributed by atoms with Gasteiger partial charge in [-0.1, -0.05) is 30.3 Å². The van der Waals surface area contributed by atoms with Crippen LogP contribution in [-0.2, 0) is 17.4 Å². The predicted molar refractivity (Wildman–Crippen MR) is 71.8 cm³/mol. The molecular formula is C16H13F3O2. The fourth-order valence-corrected chi connectivity index (χ4v) is 1.78. The van der Waals surface area contributed by atoms with E-state index in [1.54, 1.807) is 30.3 Å². The molecule has 0 bridgehead atoms. The predicted octanol–water partition coefficient (Wildman–Crippen LogP) is 4.24. The summed E-state index contributed by atoms with van der Waals surface area (Å²) in [5.41, 5.74) is -0.0360. The van der Waals surface area contributed by atoms with Crippen LogP contribution in [-0.4, -0.2) is 5.97 Å². The number of aryl methyl sites for hydroxylation is 1. The van der Waals surface area contributed by atoms with Crippen LogP contribution >= 0.6 is 0 Å². The van der Waals surface area contributed by atoms with Crippen LogP contribution in [0.5, 0.6) is 5.75 Å². The Morgan fingerprint density at radius 2 is 1.57 bits per heavy atom. The largest absolute Gasteiger partial charge is 0.427 e. The molecule has 0 atom stereocenters. The highest BCUT2D eigenvalue weighted by Crippen LogP contribution is 2.29. The van der Waals surface area contributed by atoms with Crippen LogP contribution in [0.2, 0.25) is 0 Å². The zero-order chi connectivity index (χ0) is 15.3. The van der Waals surface area contributed by atoms with Gasteiger partial charge in [0, 0.05) is 6.42 Å². The summed E-state index contributed by atoms with van der Waals surface area (Å²) in [6, 6.07) is 13.4. The van der Waals surface area contributed by atoms with Crippen molar-refractivity contribution in [3.63, 3.8) is 0 Å². The van der Waals surface area contributed by atoms with E-state index < -0.39 is 17.7 Å². The maximum atomic E-state index is 12.4. The summed E-state index contributed by atoms with van der Waals surface area (Å²) in [6.07, 6.45) is -3.89. The molecule has 5 heteroatoms. The second kappa shape index (κ2) is 6.43.